The van der Waals surface area contributed by atoms with Crippen LogP contribution in [-0.2, 0) is 14.2 Å². The number of rotatable bonds is 6. The van der Waals surface area contributed by atoms with Crippen molar-refractivity contribution in [2.75, 3.05) is 19.8 Å². The van der Waals surface area contributed by atoms with Gasteiger partial charge in [-0.3, -0.25) is 0 Å². The van der Waals surface area contributed by atoms with Crippen molar-refractivity contribution in [3.8, 4) is 0 Å². The molecule has 1 unspecified atom stereocenters. The number of ether oxygens (including phenoxy) is 3. The highest BCUT2D eigenvalue weighted by molar-refractivity contribution is 6.23. The molecular formula is C29H27N3O3. The van der Waals surface area contributed by atoms with E-state index in [4.69, 9.17) is 29.2 Å². The van der Waals surface area contributed by atoms with Gasteiger partial charge in [-0.1, -0.05) is 91.0 Å². The Morgan fingerprint density at radius 3 is 1.09 bits per heavy atom. The molecule has 3 aromatic carbocycles. The van der Waals surface area contributed by atoms with Crippen LogP contribution in [0.4, 0.5) is 0 Å². The predicted molar refractivity (Wildman–Crippen MR) is 136 cm³/mol. The van der Waals surface area contributed by atoms with E-state index in [0.717, 1.165) is 16.7 Å². The van der Waals surface area contributed by atoms with E-state index in [1.807, 2.05) is 61.5 Å². The van der Waals surface area contributed by atoms with Gasteiger partial charge in [-0.2, -0.15) is 0 Å². The Kier molecular flexibility index (Phi) is 5.57. The molecule has 0 fully saturated rings. The molecule has 6 nitrogen and oxygen atoms in total. The van der Waals surface area contributed by atoms with Crippen LogP contribution in [0.1, 0.15) is 41.7 Å². The molecule has 0 bridgehead atoms. The van der Waals surface area contributed by atoms with Gasteiger partial charge in [0.15, 0.2) is 5.41 Å². The van der Waals surface area contributed by atoms with Crippen molar-refractivity contribution in [2.24, 2.45) is 20.4 Å². The molecule has 3 heterocycles. The van der Waals surface area contributed by atoms with Gasteiger partial charge in [-0.25, -0.2) is 15.0 Å². The largest absolute Gasteiger partial charge is 0.477 e. The monoisotopic (exact) mass is 465 g/mol. The lowest BCUT2D eigenvalue weighted by Gasteiger charge is -2.26. The van der Waals surface area contributed by atoms with Crippen molar-refractivity contribution in [1.29, 1.82) is 0 Å². The van der Waals surface area contributed by atoms with Gasteiger partial charge in [0.2, 0.25) is 17.7 Å². The Balaban J connectivity index is 1.39. The van der Waals surface area contributed by atoms with Crippen LogP contribution in [0.3, 0.4) is 0 Å². The minimum Gasteiger partial charge on any atom is -0.477 e. The van der Waals surface area contributed by atoms with Gasteiger partial charge < -0.3 is 14.2 Å². The van der Waals surface area contributed by atoms with Crippen LogP contribution in [0.25, 0.3) is 0 Å². The third-order valence-corrected chi connectivity index (χ3v) is 6.79. The highest BCUT2D eigenvalue weighted by Crippen LogP contribution is 2.40. The maximum atomic E-state index is 6.22. The zero-order chi connectivity index (χ0) is 23.7. The molecule has 0 aliphatic carbocycles. The fourth-order valence-electron chi connectivity index (χ4n) is 4.75. The second kappa shape index (κ2) is 9.02. The highest BCUT2D eigenvalue weighted by atomic mass is 16.5. The lowest BCUT2D eigenvalue weighted by molar-refractivity contribution is 0.254. The lowest BCUT2D eigenvalue weighted by atomic mass is 9.89. The molecule has 0 aromatic heterocycles. The molecule has 0 radical (unpaired) electrons. The molecule has 0 saturated carbocycles. The number of nitrogens with zero attached hydrogens (tertiary/aromatic N) is 3. The normalized spacial score (nSPS) is 23.6. The van der Waals surface area contributed by atoms with E-state index < -0.39 is 5.41 Å². The molecule has 3 aliphatic rings. The Morgan fingerprint density at radius 2 is 0.800 bits per heavy atom. The van der Waals surface area contributed by atoms with Crippen LogP contribution >= 0.6 is 0 Å². The number of hydrogen-bond donors (Lipinski definition) is 0. The van der Waals surface area contributed by atoms with Crippen LogP contribution in [0, 0.1) is 5.41 Å². The van der Waals surface area contributed by atoms with Gasteiger partial charge in [0.1, 0.15) is 37.9 Å². The second-order valence-electron chi connectivity index (χ2n) is 9.14. The van der Waals surface area contributed by atoms with E-state index >= 15 is 0 Å². The summed E-state index contributed by atoms with van der Waals surface area (Å²) in [4.78, 5) is 15.0. The molecule has 3 aromatic rings. The van der Waals surface area contributed by atoms with E-state index in [-0.39, 0.29) is 18.1 Å². The lowest BCUT2D eigenvalue weighted by Crippen LogP contribution is -2.44. The zero-order valence-corrected chi connectivity index (χ0v) is 19.6. The first-order chi connectivity index (χ1) is 17.2. The van der Waals surface area contributed by atoms with Crippen molar-refractivity contribution in [2.45, 2.75) is 25.0 Å². The van der Waals surface area contributed by atoms with E-state index in [2.05, 4.69) is 36.4 Å². The first kappa shape index (κ1) is 21.6. The van der Waals surface area contributed by atoms with E-state index in [9.17, 15) is 0 Å². The molecule has 3 aliphatic heterocycles. The van der Waals surface area contributed by atoms with Crippen LogP contribution in [0.15, 0.2) is 106 Å². The molecule has 0 amide bonds. The third kappa shape index (κ3) is 3.99. The van der Waals surface area contributed by atoms with Gasteiger partial charge >= 0.3 is 0 Å². The van der Waals surface area contributed by atoms with Gasteiger partial charge in [0.25, 0.3) is 0 Å². The third-order valence-electron chi connectivity index (χ3n) is 6.79. The maximum absolute atomic E-state index is 6.22. The molecule has 0 saturated heterocycles. The highest BCUT2D eigenvalue weighted by Gasteiger charge is 2.52. The van der Waals surface area contributed by atoms with Crippen molar-refractivity contribution < 1.29 is 14.2 Å². The fraction of sp³-hybridized carbons (Fsp3) is 0.276. The van der Waals surface area contributed by atoms with E-state index in [1.165, 1.54) is 0 Å². The number of aliphatic imine (C=N–C) groups is 3. The zero-order valence-electron chi connectivity index (χ0n) is 19.6. The topological polar surface area (TPSA) is 64.8 Å². The summed E-state index contributed by atoms with van der Waals surface area (Å²) in [7, 11) is 0. The summed E-state index contributed by atoms with van der Waals surface area (Å²) in [6.45, 7) is 3.37. The van der Waals surface area contributed by atoms with Gasteiger partial charge in [-0.05, 0) is 23.6 Å². The van der Waals surface area contributed by atoms with E-state index in [0.29, 0.717) is 37.5 Å². The molecule has 0 N–H and O–H groups in total. The average Bonchev–Trinajstić information content (AvgIpc) is 3.71. The maximum Gasteiger partial charge on any atom is 0.209 e. The Labute approximate surface area is 205 Å². The van der Waals surface area contributed by atoms with Crippen LogP contribution in [0.5, 0.6) is 0 Å². The second-order valence-corrected chi connectivity index (χ2v) is 9.14. The molecule has 6 rings (SSSR count). The molecular weight excluding hydrogens is 438 g/mol. The standard InChI is InChI=1S/C29H27N3O3/c1-29(26-30-23(17-33-26)20-11-5-2-6-12-20,27-31-24(18-34-27)21-13-7-3-8-14-21)28-32-25(19-35-28)22-15-9-4-10-16-22/h2-16,23-25H,17-19H2,1H3/t23-,24-,25?/m0/s1. The number of benzene rings is 3. The van der Waals surface area contributed by atoms with Crippen molar-refractivity contribution >= 4 is 17.7 Å². The molecule has 176 valence electrons. The summed E-state index contributed by atoms with van der Waals surface area (Å²) in [5, 5.41) is 0. The minimum absolute atomic E-state index is 0.0932. The summed E-state index contributed by atoms with van der Waals surface area (Å²) in [6.07, 6.45) is 0. The summed E-state index contributed by atoms with van der Waals surface area (Å²) >= 11 is 0. The average molecular weight is 466 g/mol. The fourth-order valence-corrected chi connectivity index (χ4v) is 4.75. The van der Waals surface area contributed by atoms with Gasteiger partial charge in [-0.15, -0.1) is 0 Å². The van der Waals surface area contributed by atoms with E-state index in [1.54, 1.807) is 0 Å². The van der Waals surface area contributed by atoms with Crippen molar-refractivity contribution in [1.82, 2.24) is 0 Å². The van der Waals surface area contributed by atoms with Crippen molar-refractivity contribution in [3.05, 3.63) is 108 Å². The van der Waals surface area contributed by atoms with Crippen LogP contribution < -0.4 is 0 Å². The molecule has 3 atom stereocenters. The minimum atomic E-state index is -0.948. The first-order valence-corrected chi connectivity index (χ1v) is 12.0. The van der Waals surface area contributed by atoms with Crippen LogP contribution in [0.2, 0.25) is 0 Å². The smallest absolute Gasteiger partial charge is 0.209 e. The van der Waals surface area contributed by atoms with Gasteiger partial charge in [0, 0.05) is 0 Å². The summed E-state index contributed by atoms with van der Waals surface area (Å²) in [5.41, 5.74) is 2.38. The molecule has 0 spiro atoms. The molecule has 35 heavy (non-hydrogen) atoms. The van der Waals surface area contributed by atoms with Crippen molar-refractivity contribution in [3.63, 3.8) is 0 Å². The Bertz CT molecular complexity index is 1110. The SMILES string of the molecule is CC(C1=NC(c2ccccc2)CO1)(C1=N[C@H](c2ccccc2)CO1)C1=N[C@H](c2ccccc2)CO1. The summed E-state index contributed by atoms with van der Waals surface area (Å²) in [6, 6.07) is 30.3. The number of hydrogen-bond acceptors (Lipinski definition) is 6. The Hall–Kier alpha value is -3.93. The first-order valence-electron chi connectivity index (χ1n) is 12.0. The summed E-state index contributed by atoms with van der Waals surface area (Å²) < 4.78 is 18.7. The quantitative estimate of drug-likeness (QED) is 0.483. The Morgan fingerprint density at radius 1 is 0.514 bits per heavy atom. The summed E-state index contributed by atoms with van der Waals surface area (Å²) in [5.74, 6) is 1.60. The van der Waals surface area contributed by atoms with Gasteiger partial charge in [0.05, 0.1) is 0 Å². The molecule has 6 heteroatoms. The predicted octanol–water partition coefficient (Wildman–Crippen LogP) is 5.50. The van der Waals surface area contributed by atoms with Crippen LogP contribution in [-0.4, -0.2) is 37.5 Å².